The van der Waals surface area contributed by atoms with Crippen molar-refractivity contribution in [1.82, 2.24) is 19.9 Å². The molecule has 0 aromatic carbocycles. The van der Waals surface area contributed by atoms with E-state index < -0.39 is 23.9 Å². The van der Waals surface area contributed by atoms with Crippen LogP contribution in [-0.2, 0) is 20.9 Å². The fourth-order valence-corrected chi connectivity index (χ4v) is 2.72. The van der Waals surface area contributed by atoms with Crippen molar-refractivity contribution in [2.45, 2.75) is 51.1 Å². The summed E-state index contributed by atoms with van der Waals surface area (Å²) in [6.07, 6.45) is 2.98. The predicted octanol–water partition coefficient (Wildman–Crippen LogP) is 0.665. The largest absolute Gasteiger partial charge is 0.494 e. The number of nitrogens with one attached hydrogen (secondary N) is 1. The average Bonchev–Trinajstić information content (AvgIpc) is 3.01. The van der Waals surface area contributed by atoms with Gasteiger partial charge in [0.25, 0.3) is 0 Å². The first-order valence-electron chi connectivity index (χ1n) is 8.82. The van der Waals surface area contributed by atoms with Crippen LogP contribution in [0.1, 0.15) is 38.5 Å². The minimum Gasteiger partial charge on any atom is -0.494 e. The summed E-state index contributed by atoms with van der Waals surface area (Å²) < 4.78 is 1.57. The summed E-state index contributed by atoms with van der Waals surface area (Å²) in [4.78, 5) is 41.5. The van der Waals surface area contributed by atoms with Gasteiger partial charge < -0.3 is 30.9 Å². The molecule has 11 nitrogen and oxygen atoms in total. The Morgan fingerprint density at radius 1 is 1.18 bits per heavy atom. The molecule has 1 atom stereocenters. The summed E-state index contributed by atoms with van der Waals surface area (Å²) >= 11 is 0. The third-order valence-corrected chi connectivity index (χ3v) is 4.18. The molecule has 2 aliphatic rings. The average molecular weight is 393 g/mol. The van der Waals surface area contributed by atoms with E-state index in [9.17, 15) is 19.5 Å². The Bertz CT molecular complexity index is 821. The van der Waals surface area contributed by atoms with E-state index in [-0.39, 0.29) is 31.0 Å². The molecule has 2 rings (SSSR count). The first-order chi connectivity index (χ1) is 13.3. The second kappa shape index (κ2) is 9.53. The van der Waals surface area contributed by atoms with E-state index in [0.29, 0.717) is 37.2 Å². The number of anilines is 1. The molecular formula is C17H23N5O6. The van der Waals surface area contributed by atoms with Crippen LogP contribution in [0.25, 0.3) is 11.4 Å². The van der Waals surface area contributed by atoms with Gasteiger partial charge in [0.15, 0.2) is 5.82 Å². The van der Waals surface area contributed by atoms with Gasteiger partial charge in [-0.15, -0.1) is 0 Å². The van der Waals surface area contributed by atoms with Crippen LogP contribution in [0.15, 0.2) is 12.4 Å². The van der Waals surface area contributed by atoms with Gasteiger partial charge in [0, 0.05) is 19.4 Å². The Kier molecular flexibility index (Phi) is 7.13. The fourth-order valence-electron chi connectivity index (χ4n) is 2.72. The summed E-state index contributed by atoms with van der Waals surface area (Å²) in [5.74, 6) is -2.13. The first kappa shape index (κ1) is 20.9. The van der Waals surface area contributed by atoms with Crippen LogP contribution in [0, 0.1) is 0 Å². The van der Waals surface area contributed by atoms with E-state index in [4.69, 9.17) is 15.9 Å². The standard InChI is InChI=1S/C17H23N5O6/c18-12-8-10-15(21-12)19-9-22(16(10)26)7-3-1-2-4-13(23)20-11(17(27)28)5-6-14(24)25/h8-9,11,26H,1-7,18H2,(H,20,23)(H,24,25)(H,27,28)/t11-/m0/s1. The van der Waals surface area contributed by atoms with Crippen molar-refractivity contribution in [2.75, 3.05) is 5.73 Å². The normalized spacial score (nSPS) is 12.0. The van der Waals surface area contributed by atoms with Crippen LogP contribution >= 0.6 is 0 Å². The molecule has 152 valence electrons. The van der Waals surface area contributed by atoms with E-state index in [0.717, 1.165) is 0 Å². The lowest BCUT2D eigenvalue weighted by atomic mass is 10.1. The number of fused-ring (bicyclic) bond motifs is 1. The molecule has 0 fully saturated rings. The third-order valence-electron chi connectivity index (χ3n) is 4.18. The predicted molar refractivity (Wildman–Crippen MR) is 97.6 cm³/mol. The highest BCUT2D eigenvalue weighted by Crippen LogP contribution is 2.30. The van der Waals surface area contributed by atoms with Gasteiger partial charge in [-0.2, -0.15) is 0 Å². The molecule has 0 bridgehead atoms. The number of carbonyl (C=O) groups excluding carboxylic acids is 1. The van der Waals surface area contributed by atoms with E-state index in [1.165, 1.54) is 6.33 Å². The number of unbranched alkanes of at least 4 members (excludes halogenated alkanes) is 2. The van der Waals surface area contributed by atoms with Crippen molar-refractivity contribution >= 4 is 23.7 Å². The van der Waals surface area contributed by atoms with Crippen molar-refractivity contribution < 1.29 is 29.7 Å². The van der Waals surface area contributed by atoms with E-state index in [1.54, 1.807) is 10.6 Å². The number of carboxylic acids is 2. The number of rotatable bonds is 11. The number of carbonyl (C=O) groups is 3. The van der Waals surface area contributed by atoms with Crippen molar-refractivity contribution in [3.63, 3.8) is 0 Å². The van der Waals surface area contributed by atoms with Crippen LogP contribution in [-0.4, -0.2) is 53.7 Å². The quantitative estimate of drug-likeness (QED) is 0.343. The highest BCUT2D eigenvalue weighted by atomic mass is 16.4. The second-order valence-corrected chi connectivity index (χ2v) is 6.38. The number of nitrogen functional groups attached to an aromatic ring is 1. The first-order valence-corrected chi connectivity index (χ1v) is 8.82. The molecule has 0 saturated heterocycles. The Balaban J connectivity index is 1.73. The number of nitrogens with two attached hydrogens (primary N) is 1. The van der Waals surface area contributed by atoms with E-state index in [2.05, 4.69) is 15.3 Å². The SMILES string of the molecule is Nc1cc2c(O)n(CCCCCC(=O)N[C@@H](CCC(=O)O)C(=O)O)cnc-2n1. The lowest BCUT2D eigenvalue weighted by Crippen LogP contribution is -2.41. The minimum absolute atomic E-state index is 0.0228. The fraction of sp³-hybridized carbons (Fsp3) is 0.471. The number of hydrogen-bond donors (Lipinski definition) is 5. The van der Waals surface area contributed by atoms with Gasteiger partial charge in [0.05, 0.1) is 11.9 Å². The summed E-state index contributed by atoms with van der Waals surface area (Å²) in [5.41, 5.74) is 6.06. The van der Waals surface area contributed by atoms with Crippen molar-refractivity contribution in [3.05, 3.63) is 12.4 Å². The molecule has 28 heavy (non-hydrogen) atoms. The molecule has 6 N–H and O–H groups in total. The highest BCUT2D eigenvalue weighted by molar-refractivity contribution is 5.83. The number of carboxylic acid groups (broad SMARTS) is 2. The molecule has 0 aliphatic carbocycles. The van der Waals surface area contributed by atoms with Crippen LogP contribution in [0.4, 0.5) is 5.82 Å². The molecule has 0 radical (unpaired) electrons. The van der Waals surface area contributed by atoms with Gasteiger partial charge in [-0.05, 0) is 25.3 Å². The zero-order chi connectivity index (χ0) is 20.7. The van der Waals surface area contributed by atoms with Gasteiger partial charge in [-0.1, -0.05) is 6.42 Å². The number of nitrogens with zero attached hydrogens (tertiary/aromatic N) is 3. The molecule has 0 aromatic heterocycles. The van der Waals surface area contributed by atoms with Crippen LogP contribution < -0.4 is 11.1 Å². The van der Waals surface area contributed by atoms with E-state index >= 15 is 0 Å². The number of hydrogen-bond acceptors (Lipinski definition) is 7. The van der Waals surface area contributed by atoms with Gasteiger partial charge in [-0.3, -0.25) is 9.59 Å². The Labute approximate surface area is 160 Å². The van der Waals surface area contributed by atoms with Crippen molar-refractivity contribution in [2.24, 2.45) is 0 Å². The maximum atomic E-state index is 11.8. The zero-order valence-corrected chi connectivity index (χ0v) is 15.2. The monoisotopic (exact) mass is 393 g/mol. The van der Waals surface area contributed by atoms with Gasteiger partial charge in [0.2, 0.25) is 11.8 Å². The Hall–Kier alpha value is -3.37. The van der Waals surface area contributed by atoms with Crippen molar-refractivity contribution in [3.8, 4) is 17.3 Å². The van der Waals surface area contributed by atoms with Crippen molar-refractivity contribution in [1.29, 1.82) is 0 Å². The molecule has 1 amide bonds. The zero-order valence-electron chi connectivity index (χ0n) is 15.2. The summed E-state index contributed by atoms with van der Waals surface area (Å²) in [6, 6.07) is 0.335. The summed E-state index contributed by atoms with van der Waals surface area (Å²) in [5, 5.41) is 30.2. The highest BCUT2D eigenvalue weighted by Gasteiger charge is 2.20. The molecule has 0 aromatic rings. The van der Waals surface area contributed by atoms with Crippen LogP contribution in [0.5, 0.6) is 5.88 Å². The van der Waals surface area contributed by atoms with Crippen LogP contribution in [0.3, 0.4) is 0 Å². The maximum Gasteiger partial charge on any atom is 0.326 e. The van der Waals surface area contributed by atoms with E-state index in [1.807, 2.05) is 0 Å². The Morgan fingerprint density at radius 3 is 2.61 bits per heavy atom. The molecule has 11 heteroatoms. The van der Waals surface area contributed by atoms with Crippen LogP contribution in [0.2, 0.25) is 0 Å². The second-order valence-electron chi connectivity index (χ2n) is 6.38. The summed E-state index contributed by atoms with van der Waals surface area (Å²) in [6.45, 7) is 0.484. The molecule has 0 unspecified atom stereocenters. The Morgan fingerprint density at radius 2 is 1.93 bits per heavy atom. The molecular weight excluding hydrogens is 370 g/mol. The number of amides is 1. The number of aromatic hydroxyl groups is 1. The molecule has 0 spiro atoms. The topological polar surface area (TPSA) is 181 Å². The number of aryl methyl sites for hydroxylation is 1. The number of aliphatic carboxylic acids is 2. The summed E-state index contributed by atoms with van der Waals surface area (Å²) in [7, 11) is 0. The molecule has 0 saturated carbocycles. The van der Waals surface area contributed by atoms with Gasteiger partial charge >= 0.3 is 11.9 Å². The lowest BCUT2D eigenvalue weighted by Gasteiger charge is -2.13. The molecule has 2 heterocycles. The molecule has 2 aliphatic heterocycles. The van der Waals surface area contributed by atoms with Gasteiger partial charge in [0.1, 0.15) is 11.9 Å². The van der Waals surface area contributed by atoms with Gasteiger partial charge in [-0.25, -0.2) is 14.8 Å². The number of aromatic nitrogens is 3. The lowest BCUT2D eigenvalue weighted by molar-refractivity contribution is -0.143. The maximum absolute atomic E-state index is 11.8. The third kappa shape index (κ3) is 5.83. The minimum atomic E-state index is -1.26. The smallest absolute Gasteiger partial charge is 0.326 e.